The fourth-order valence-corrected chi connectivity index (χ4v) is 3.79. The lowest BCUT2D eigenvalue weighted by molar-refractivity contribution is -0.119. The van der Waals surface area contributed by atoms with Gasteiger partial charge in [0, 0.05) is 5.56 Å². The molecule has 2 N–H and O–H groups in total. The average Bonchev–Trinajstić information content (AvgIpc) is 2.82. The molecule has 0 bridgehead atoms. The maximum Gasteiger partial charge on any atom is 0.269 e. The highest BCUT2D eigenvalue weighted by Gasteiger charge is 2.15. The SMILES string of the molecule is O=C(CSc1nc2ccccc2c(=O)n1-c1ccccc1)NNC(=O)c1ccc(F)cc1. The Morgan fingerprint density at radius 1 is 0.906 bits per heavy atom. The lowest BCUT2D eigenvalue weighted by Crippen LogP contribution is -2.42. The molecule has 3 aromatic carbocycles. The van der Waals surface area contributed by atoms with Gasteiger partial charge < -0.3 is 0 Å². The van der Waals surface area contributed by atoms with Gasteiger partial charge in [-0.25, -0.2) is 9.37 Å². The minimum atomic E-state index is -0.576. The quantitative estimate of drug-likeness (QED) is 0.278. The first-order valence-corrected chi connectivity index (χ1v) is 10.6. The van der Waals surface area contributed by atoms with Gasteiger partial charge in [-0.15, -0.1) is 0 Å². The summed E-state index contributed by atoms with van der Waals surface area (Å²) in [5.74, 6) is -1.63. The minimum Gasteiger partial charge on any atom is -0.272 e. The van der Waals surface area contributed by atoms with Crippen LogP contribution in [0.2, 0.25) is 0 Å². The second-order valence-corrected chi connectivity index (χ2v) is 7.63. The summed E-state index contributed by atoms with van der Waals surface area (Å²) < 4.78 is 14.4. The number of nitrogens with zero attached hydrogens (tertiary/aromatic N) is 2. The van der Waals surface area contributed by atoms with Crippen molar-refractivity contribution < 1.29 is 14.0 Å². The summed E-state index contributed by atoms with van der Waals surface area (Å²) in [6.45, 7) is 0. The number of hydrogen-bond donors (Lipinski definition) is 2. The van der Waals surface area contributed by atoms with Gasteiger partial charge in [0.1, 0.15) is 5.82 Å². The molecule has 1 heterocycles. The molecule has 0 aliphatic rings. The highest BCUT2D eigenvalue weighted by Crippen LogP contribution is 2.21. The predicted molar refractivity (Wildman–Crippen MR) is 120 cm³/mol. The lowest BCUT2D eigenvalue weighted by atomic mass is 10.2. The molecule has 0 radical (unpaired) electrons. The molecule has 0 saturated heterocycles. The molecule has 0 atom stereocenters. The van der Waals surface area contributed by atoms with Crippen molar-refractivity contribution >= 4 is 34.5 Å². The van der Waals surface area contributed by atoms with E-state index < -0.39 is 17.6 Å². The molecule has 7 nitrogen and oxygen atoms in total. The number of para-hydroxylation sites is 2. The molecule has 0 aliphatic heterocycles. The normalized spacial score (nSPS) is 10.7. The molecule has 2 amide bonds. The van der Waals surface area contributed by atoms with Crippen molar-refractivity contribution in [1.82, 2.24) is 20.4 Å². The monoisotopic (exact) mass is 448 g/mol. The first-order valence-electron chi connectivity index (χ1n) is 9.58. The van der Waals surface area contributed by atoms with E-state index in [0.29, 0.717) is 21.7 Å². The third-order valence-electron chi connectivity index (χ3n) is 4.51. The van der Waals surface area contributed by atoms with Gasteiger partial charge in [0.05, 0.1) is 22.3 Å². The van der Waals surface area contributed by atoms with Crippen LogP contribution in [-0.2, 0) is 4.79 Å². The average molecular weight is 448 g/mol. The third kappa shape index (κ3) is 4.68. The van der Waals surface area contributed by atoms with E-state index >= 15 is 0 Å². The summed E-state index contributed by atoms with van der Waals surface area (Å²) in [6, 6.07) is 20.9. The van der Waals surface area contributed by atoms with Gasteiger partial charge in [-0.1, -0.05) is 42.1 Å². The summed E-state index contributed by atoms with van der Waals surface area (Å²) in [5.41, 5.74) is 5.70. The minimum absolute atomic E-state index is 0.0959. The zero-order valence-electron chi connectivity index (χ0n) is 16.6. The molecule has 160 valence electrons. The number of carbonyl (C=O) groups excluding carboxylic acids is 2. The van der Waals surface area contributed by atoms with Crippen molar-refractivity contribution in [2.24, 2.45) is 0 Å². The lowest BCUT2D eigenvalue weighted by Gasteiger charge is -2.13. The van der Waals surface area contributed by atoms with Crippen LogP contribution in [0.25, 0.3) is 16.6 Å². The molecule has 0 spiro atoms. The number of nitrogens with one attached hydrogen (secondary N) is 2. The molecule has 4 rings (SSSR count). The molecular formula is C23H17FN4O3S. The van der Waals surface area contributed by atoms with Crippen molar-refractivity contribution in [3.63, 3.8) is 0 Å². The maximum atomic E-state index is 13.1. The van der Waals surface area contributed by atoms with Crippen molar-refractivity contribution in [3.05, 3.63) is 101 Å². The number of carbonyl (C=O) groups is 2. The predicted octanol–water partition coefficient (Wildman–Crippen LogP) is 3.08. The zero-order valence-corrected chi connectivity index (χ0v) is 17.4. The molecule has 32 heavy (non-hydrogen) atoms. The van der Waals surface area contributed by atoms with Gasteiger partial charge in [0.15, 0.2) is 5.16 Å². The molecular weight excluding hydrogens is 431 g/mol. The Morgan fingerprint density at radius 3 is 2.34 bits per heavy atom. The Bertz CT molecular complexity index is 1340. The van der Waals surface area contributed by atoms with Gasteiger partial charge >= 0.3 is 0 Å². The van der Waals surface area contributed by atoms with Crippen LogP contribution in [0.15, 0.2) is 88.8 Å². The van der Waals surface area contributed by atoms with E-state index in [2.05, 4.69) is 15.8 Å². The number of hydrogen-bond acceptors (Lipinski definition) is 5. The Hall–Kier alpha value is -3.98. The Morgan fingerprint density at radius 2 is 1.59 bits per heavy atom. The van der Waals surface area contributed by atoms with Crippen molar-refractivity contribution in [3.8, 4) is 5.69 Å². The van der Waals surface area contributed by atoms with Crippen LogP contribution in [0, 0.1) is 5.82 Å². The maximum absolute atomic E-state index is 13.1. The second kappa shape index (κ2) is 9.44. The largest absolute Gasteiger partial charge is 0.272 e. The van der Waals surface area contributed by atoms with Crippen LogP contribution in [-0.4, -0.2) is 27.1 Å². The van der Waals surface area contributed by atoms with E-state index in [1.165, 1.54) is 16.7 Å². The van der Waals surface area contributed by atoms with Crippen LogP contribution in [0.4, 0.5) is 4.39 Å². The Balaban J connectivity index is 1.51. The zero-order chi connectivity index (χ0) is 22.5. The van der Waals surface area contributed by atoms with E-state index in [1.54, 1.807) is 36.4 Å². The fraction of sp³-hybridized carbons (Fsp3) is 0.0435. The number of hydrazine groups is 1. The van der Waals surface area contributed by atoms with Crippen molar-refractivity contribution in [2.45, 2.75) is 5.16 Å². The highest BCUT2D eigenvalue weighted by atomic mass is 32.2. The van der Waals surface area contributed by atoms with Gasteiger partial charge in [0.2, 0.25) is 5.91 Å². The number of fused-ring (bicyclic) bond motifs is 1. The van der Waals surface area contributed by atoms with Crippen molar-refractivity contribution in [1.29, 1.82) is 0 Å². The van der Waals surface area contributed by atoms with Crippen LogP contribution >= 0.6 is 11.8 Å². The molecule has 1 aromatic heterocycles. The summed E-state index contributed by atoms with van der Waals surface area (Å²) in [7, 11) is 0. The fourth-order valence-electron chi connectivity index (χ4n) is 2.98. The first-order chi connectivity index (χ1) is 15.5. The van der Waals surface area contributed by atoms with Gasteiger partial charge in [0.25, 0.3) is 11.5 Å². The van der Waals surface area contributed by atoms with Gasteiger partial charge in [-0.2, -0.15) is 0 Å². The van der Waals surface area contributed by atoms with E-state index in [9.17, 15) is 18.8 Å². The van der Waals surface area contributed by atoms with Crippen molar-refractivity contribution in [2.75, 3.05) is 5.75 Å². The number of amides is 2. The molecule has 4 aromatic rings. The van der Waals surface area contributed by atoms with E-state index in [4.69, 9.17) is 0 Å². The molecule has 0 aliphatic carbocycles. The second-order valence-electron chi connectivity index (χ2n) is 6.69. The summed E-state index contributed by atoms with van der Waals surface area (Å²) in [6.07, 6.45) is 0. The smallest absolute Gasteiger partial charge is 0.269 e. The summed E-state index contributed by atoms with van der Waals surface area (Å²) in [4.78, 5) is 42.0. The molecule has 0 unspecified atom stereocenters. The first kappa shape index (κ1) is 21.3. The standard InChI is InChI=1S/C23H17FN4O3S/c24-16-12-10-15(11-13-16)21(30)27-26-20(29)14-32-23-25-19-9-5-4-8-18(19)22(31)28(23)17-6-2-1-3-7-17/h1-13H,14H2,(H,26,29)(H,27,30). The summed E-state index contributed by atoms with van der Waals surface area (Å²) >= 11 is 1.07. The molecule has 0 saturated carbocycles. The van der Waals surface area contributed by atoms with E-state index in [1.807, 2.05) is 18.2 Å². The number of thioether (sulfide) groups is 1. The number of benzene rings is 3. The van der Waals surface area contributed by atoms with Crippen LogP contribution in [0.3, 0.4) is 0 Å². The van der Waals surface area contributed by atoms with Crippen LogP contribution in [0.1, 0.15) is 10.4 Å². The number of aromatic nitrogens is 2. The molecule has 9 heteroatoms. The van der Waals surface area contributed by atoms with Crippen LogP contribution < -0.4 is 16.4 Å². The van der Waals surface area contributed by atoms with Crippen LogP contribution in [0.5, 0.6) is 0 Å². The topological polar surface area (TPSA) is 93.1 Å². The Labute approximate surface area is 186 Å². The Kier molecular flexibility index (Phi) is 6.27. The van der Waals surface area contributed by atoms with E-state index in [0.717, 1.165) is 23.9 Å². The molecule has 0 fully saturated rings. The number of halogens is 1. The van der Waals surface area contributed by atoms with Gasteiger partial charge in [-0.3, -0.25) is 29.8 Å². The summed E-state index contributed by atoms with van der Waals surface area (Å²) in [5, 5.41) is 0.816. The number of rotatable bonds is 5. The highest BCUT2D eigenvalue weighted by molar-refractivity contribution is 7.99. The van der Waals surface area contributed by atoms with E-state index in [-0.39, 0.29) is 16.9 Å². The van der Waals surface area contributed by atoms with Gasteiger partial charge in [-0.05, 0) is 48.5 Å². The third-order valence-corrected chi connectivity index (χ3v) is 5.45.